The fourth-order valence-corrected chi connectivity index (χ4v) is 3.28. The average Bonchev–Trinajstić information content (AvgIpc) is 2.48. The first kappa shape index (κ1) is 16.2. The molecule has 1 aliphatic rings. The Morgan fingerprint density at radius 1 is 1.10 bits per heavy atom. The number of Topliss-reactive ketones (excluding diaryl/α,β-unsaturated/α-hetero) is 1. The summed E-state index contributed by atoms with van der Waals surface area (Å²) < 4.78 is 0. The van der Waals surface area contributed by atoms with Gasteiger partial charge in [0.1, 0.15) is 0 Å². The molecule has 2 nitrogen and oxygen atoms in total. The number of piperidine rings is 1. The molecule has 0 saturated carbocycles. The second-order valence-electron chi connectivity index (χ2n) is 6.96. The highest BCUT2D eigenvalue weighted by Crippen LogP contribution is 2.26. The number of carbonyl (C=O) groups is 1. The van der Waals surface area contributed by atoms with Crippen LogP contribution in [-0.2, 0) is 0 Å². The van der Waals surface area contributed by atoms with Gasteiger partial charge in [0.25, 0.3) is 0 Å². The van der Waals surface area contributed by atoms with Crippen molar-refractivity contribution in [2.75, 3.05) is 13.1 Å². The lowest BCUT2D eigenvalue weighted by molar-refractivity contribution is 0.0743. The van der Waals surface area contributed by atoms with Crippen molar-refractivity contribution < 1.29 is 4.79 Å². The third-order valence-electron chi connectivity index (χ3n) is 5.24. The maximum Gasteiger partial charge on any atom is 0.179 e. The van der Waals surface area contributed by atoms with E-state index in [4.69, 9.17) is 0 Å². The highest BCUT2D eigenvalue weighted by atomic mass is 16.1. The first-order chi connectivity index (χ1) is 9.90. The average molecular weight is 287 g/mol. The van der Waals surface area contributed by atoms with E-state index in [1.54, 1.807) is 0 Å². The maximum atomic E-state index is 12.7. The summed E-state index contributed by atoms with van der Waals surface area (Å²) in [4.78, 5) is 15.0. The minimum Gasteiger partial charge on any atom is -0.293 e. The second-order valence-corrected chi connectivity index (χ2v) is 6.96. The molecule has 1 aromatic carbocycles. The summed E-state index contributed by atoms with van der Waals surface area (Å²) in [6.45, 7) is 13.0. The Hall–Kier alpha value is -1.15. The van der Waals surface area contributed by atoms with Crippen LogP contribution < -0.4 is 0 Å². The summed E-state index contributed by atoms with van der Waals surface area (Å²) in [6, 6.07) is 6.07. The van der Waals surface area contributed by atoms with E-state index in [9.17, 15) is 4.79 Å². The summed E-state index contributed by atoms with van der Waals surface area (Å²) in [5.74, 6) is 1.85. The Morgan fingerprint density at radius 2 is 1.71 bits per heavy atom. The smallest absolute Gasteiger partial charge is 0.179 e. The molecule has 0 aliphatic carbocycles. The van der Waals surface area contributed by atoms with Crippen LogP contribution in [0.25, 0.3) is 0 Å². The Kier molecular flexibility index (Phi) is 5.21. The fraction of sp³-hybridized carbons (Fsp3) is 0.632. The predicted octanol–water partition coefficient (Wildman–Crippen LogP) is 4.24. The Balaban J connectivity index is 2.01. The number of hydrogen-bond acceptors (Lipinski definition) is 2. The van der Waals surface area contributed by atoms with Gasteiger partial charge in [-0.3, -0.25) is 9.69 Å². The van der Waals surface area contributed by atoms with Crippen molar-refractivity contribution in [2.45, 2.75) is 53.5 Å². The molecule has 2 rings (SSSR count). The van der Waals surface area contributed by atoms with E-state index in [1.807, 2.05) is 12.1 Å². The molecule has 0 spiro atoms. The zero-order chi connectivity index (χ0) is 15.6. The fourth-order valence-electron chi connectivity index (χ4n) is 3.28. The third-order valence-corrected chi connectivity index (χ3v) is 5.24. The van der Waals surface area contributed by atoms with Crippen LogP contribution in [0.3, 0.4) is 0 Å². The molecule has 1 heterocycles. The van der Waals surface area contributed by atoms with Gasteiger partial charge in [0.15, 0.2) is 5.78 Å². The van der Waals surface area contributed by atoms with E-state index >= 15 is 0 Å². The number of nitrogens with zero attached hydrogens (tertiary/aromatic N) is 1. The number of rotatable bonds is 4. The second kappa shape index (κ2) is 6.74. The van der Waals surface area contributed by atoms with Crippen LogP contribution in [0.2, 0.25) is 0 Å². The van der Waals surface area contributed by atoms with Crippen molar-refractivity contribution in [2.24, 2.45) is 11.8 Å². The SMILES string of the molecule is Cc1ccc(C(=O)C(C)N2CCC(C(C)C)CC2)cc1C. The quantitative estimate of drug-likeness (QED) is 0.772. The lowest BCUT2D eigenvalue weighted by atomic mass is 9.86. The largest absolute Gasteiger partial charge is 0.293 e. The Labute approximate surface area is 129 Å². The highest BCUT2D eigenvalue weighted by molar-refractivity contribution is 6.00. The topological polar surface area (TPSA) is 20.3 Å². The Bertz CT molecular complexity index is 498. The van der Waals surface area contributed by atoms with Gasteiger partial charge in [0.05, 0.1) is 6.04 Å². The number of aryl methyl sites for hydroxylation is 2. The lowest BCUT2D eigenvalue weighted by Crippen LogP contribution is -2.44. The summed E-state index contributed by atoms with van der Waals surface area (Å²) in [6.07, 6.45) is 2.45. The Morgan fingerprint density at radius 3 is 2.24 bits per heavy atom. The first-order valence-corrected chi connectivity index (χ1v) is 8.25. The number of hydrogen-bond donors (Lipinski definition) is 0. The van der Waals surface area contributed by atoms with Crippen LogP contribution in [0.15, 0.2) is 18.2 Å². The monoisotopic (exact) mass is 287 g/mol. The van der Waals surface area contributed by atoms with Gasteiger partial charge < -0.3 is 0 Å². The normalized spacial score (nSPS) is 19.0. The zero-order valence-electron chi connectivity index (χ0n) is 14.1. The van der Waals surface area contributed by atoms with Crippen molar-refractivity contribution >= 4 is 5.78 Å². The van der Waals surface area contributed by atoms with Gasteiger partial charge in [0, 0.05) is 5.56 Å². The summed E-state index contributed by atoms with van der Waals surface area (Å²) in [7, 11) is 0. The van der Waals surface area contributed by atoms with Crippen LogP contribution in [0, 0.1) is 25.7 Å². The summed E-state index contributed by atoms with van der Waals surface area (Å²) in [5.41, 5.74) is 3.31. The molecule has 21 heavy (non-hydrogen) atoms. The van der Waals surface area contributed by atoms with Crippen molar-refractivity contribution in [3.8, 4) is 0 Å². The van der Waals surface area contributed by atoms with Gasteiger partial charge in [-0.25, -0.2) is 0 Å². The molecule has 0 radical (unpaired) electrons. The number of ketones is 1. The van der Waals surface area contributed by atoms with E-state index < -0.39 is 0 Å². The van der Waals surface area contributed by atoms with Gasteiger partial charge in [-0.05, 0) is 75.7 Å². The van der Waals surface area contributed by atoms with Gasteiger partial charge >= 0.3 is 0 Å². The molecule has 0 aromatic heterocycles. The van der Waals surface area contributed by atoms with Crippen LogP contribution in [-0.4, -0.2) is 29.8 Å². The molecule has 1 atom stereocenters. The van der Waals surface area contributed by atoms with Crippen LogP contribution in [0.4, 0.5) is 0 Å². The minimum atomic E-state index is 0.000202. The van der Waals surface area contributed by atoms with E-state index in [2.05, 4.69) is 45.6 Å². The van der Waals surface area contributed by atoms with Crippen molar-refractivity contribution in [1.82, 2.24) is 4.90 Å². The van der Waals surface area contributed by atoms with E-state index in [0.717, 1.165) is 30.5 Å². The number of benzene rings is 1. The molecule has 0 bridgehead atoms. The molecule has 116 valence electrons. The molecule has 1 aromatic rings. The molecule has 2 heteroatoms. The molecule has 0 N–H and O–H groups in total. The van der Waals surface area contributed by atoms with Crippen LogP contribution >= 0.6 is 0 Å². The minimum absolute atomic E-state index is 0.000202. The molecule has 0 amide bonds. The summed E-state index contributed by atoms with van der Waals surface area (Å²) in [5, 5.41) is 0. The molecule has 1 saturated heterocycles. The third kappa shape index (κ3) is 3.74. The molecule has 1 fully saturated rings. The van der Waals surface area contributed by atoms with Gasteiger partial charge in [0.2, 0.25) is 0 Å². The number of likely N-dealkylation sites (tertiary alicyclic amines) is 1. The summed E-state index contributed by atoms with van der Waals surface area (Å²) >= 11 is 0. The van der Waals surface area contributed by atoms with Gasteiger partial charge in [-0.2, -0.15) is 0 Å². The lowest BCUT2D eigenvalue weighted by Gasteiger charge is -2.36. The zero-order valence-corrected chi connectivity index (χ0v) is 14.1. The standard InChI is InChI=1S/C19H29NO/c1-13(2)17-8-10-20(11-9-17)16(5)19(21)18-7-6-14(3)15(4)12-18/h6-7,12-13,16-17H,8-11H2,1-5H3. The molecule has 1 unspecified atom stereocenters. The maximum absolute atomic E-state index is 12.7. The molecular formula is C19H29NO. The predicted molar refractivity (Wildman–Crippen MR) is 88.8 cm³/mol. The van der Waals surface area contributed by atoms with E-state index in [1.165, 1.54) is 24.0 Å². The van der Waals surface area contributed by atoms with Crippen molar-refractivity contribution in [3.63, 3.8) is 0 Å². The first-order valence-electron chi connectivity index (χ1n) is 8.25. The van der Waals surface area contributed by atoms with Crippen molar-refractivity contribution in [3.05, 3.63) is 34.9 Å². The molecule has 1 aliphatic heterocycles. The number of carbonyl (C=O) groups excluding carboxylic acids is 1. The molecular weight excluding hydrogens is 258 g/mol. The van der Waals surface area contributed by atoms with Gasteiger partial charge in [-0.15, -0.1) is 0 Å². The van der Waals surface area contributed by atoms with E-state index in [-0.39, 0.29) is 11.8 Å². The van der Waals surface area contributed by atoms with Crippen LogP contribution in [0.1, 0.15) is 55.1 Å². The van der Waals surface area contributed by atoms with Crippen LogP contribution in [0.5, 0.6) is 0 Å². The van der Waals surface area contributed by atoms with Gasteiger partial charge in [-0.1, -0.05) is 26.0 Å². The van der Waals surface area contributed by atoms with E-state index in [0.29, 0.717) is 0 Å². The highest BCUT2D eigenvalue weighted by Gasteiger charge is 2.28. The van der Waals surface area contributed by atoms with Crippen molar-refractivity contribution in [1.29, 1.82) is 0 Å².